The molecule has 2 unspecified atom stereocenters. The van der Waals surface area contributed by atoms with Gasteiger partial charge in [0.05, 0.1) is 32.3 Å². The molecule has 3 aromatic carbocycles. The van der Waals surface area contributed by atoms with Crippen LogP contribution in [0.25, 0.3) is 44.8 Å². The van der Waals surface area contributed by atoms with Crippen molar-refractivity contribution in [2.45, 2.75) is 38.7 Å². The van der Waals surface area contributed by atoms with Crippen molar-refractivity contribution in [3.63, 3.8) is 0 Å². The molecule has 0 amide bonds. The number of nitriles is 1. The zero-order chi connectivity index (χ0) is 34.1. The summed E-state index contributed by atoms with van der Waals surface area (Å²) >= 11 is 12.5. The van der Waals surface area contributed by atoms with Crippen LogP contribution in [0.4, 0.5) is 11.4 Å². The number of hydrogen-bond donors (Lipinski definition) is 1. The predicted molar refractivity (Wildman–Crippen MR) is 218 cm³/mol. The molecule has 4 heterocycles. The summed E-state index contributed by atoms with van der Waals surface area (Å²) < 4.78 is 12.1. The molecule has 2 atom stereocenters. The van der Waals surface area contributed by atoms with E-state index in [1.54, 1.807) is 29.2 Å². The minimum Gasteiger partial charge on any atom is -0.477 e. The van der Waals surface area contributed by atoms with Crippen molar-refractivity contribution in [1.29, 1.82) is 5.26 Å². The lowest BCUT2D eigenvalue weighted by Gasteiger charge is -2.33. The summed E-state index contributed by atoms with van der Waals surface area (Å²) in [6, 6.07) is 23.0. The van der Waals surface area contributed by atoms with Gasteiger partial charge in [-0.05, 0) is 78.6 Å². The van der Waals surface area contributed by atoms with Crippen LogP contribution >= 0.6 is 81.9 Å². The number of benzene rings is 3. The van der Waals surface area contributed by atoms with E-state index in [1.807, 2.05) is 65.2 Å². The summed E-state index contributed by atoms with van der Waals surface area (Å²) in [6.07, 6.45) is 10.3. The molecule has 2 aliphatic heterocycles. The SMILES string of the molecule is CCCCN1c2ccc(C=C(C#N)C(=O)O)cc2Sc2cc(-c3ccc(-c4ccc(C=C5SC(SC)C(SC)S5)s4)c4nsnc34)ccc21. The fourth-order valence-corrected chi connectivity index (χ4v) is 14.8. The number of aliphatic carboxylic acids is 1. The molecule has 248 valence electrons. The summed E-state index contributed by atoms with van der Waals surface area (Å²) in [5.74, 6) is -1.23. The second-order valence-corrected chi connectivity index (χ2v) is 19.1. The van der Waals surface area contributed by atoms with Crippen LogP contribution in [0.3, 0.4) is 0 Å². The van der Waals surface area contributed by atoms with E-state index in [0.29, 0.717) is 14.7 Å². The highest BCUT2D eigenvalue weighted by Gasteiger charge is 2.31. The number of aromatic nitrogens is 2. The summed E-state index contributed by atoms with van der Waals surface area (Å²) in [5.41, 5.74) is 7.67. The average Bonchev–Trinajstić information content (AvgIpc) is 3.88. The first kappa shape index (κ1) is 34.6. The lowest BCUT2D eigenvalue weighted by molar-refractivity contribution is -0.132. The molecule has 6 nitrogen and oxygen atoms in total. The molecule has 0 saturated carbocycles. The Labute approximate surface area is 315 Å². The lowest BCUT2D eigenvalue weighted by Crippen LogP contribution is -2.22. The zero-order valence-electron chi connectivity index (χ0n) is 26.7. The Morgan fingerprint density at radius 3 is 2.35 bits per heavy atom. The Kier molecular flexibility index (Phi) is 10.7. The Morgan fingerprint density at radius 2 is 1.65 bits per heavy atom. The Morgan fingerprint density at radius 1 is 0.959 bits per heavy atom. The molecule has 0 aliphatic carbocycles. The molecule has 0 radical (unpaired) electrons. The van der Waals surface area contributed by atoms with Gasteiger partial charge in [-0.2, -0.15) is 14.0 Å². The van der Waals surface area contributed by atoms with Gasteiger partial charge in [-0.3, -0.25) is 0 Å². The van der Waals surface area contributed by atoms with Crippen molar-refractivity contribution in [3.05, 3.63) is 80.9 Å². The minimum absolute atomic E-state index is 0.285. The second kappa shape index (κ2) is 15.2. The van der Waals surface area contributed by atoms with Crippen LogP contribution in [0.5, 0.6) is 0 Å². The van der Waals surface area contributed by atoms with E-state index >= 15 is 0 Å². The van der Waals surface area contributed by atoms with Gasteiger partial charge in [-0.1, -0.05) is 49.4 Å². The van der Waals surface area contributed by atoms with E-state index in [0.717, 1.165) is 68.3 Å². The topological polar surface area (TPSA) is 90.1 Å². The van der Waals surface area contributed by atoms with Gasteiger partial charge >= 0.3 is 5.97 Å². The lowest BCUT2D eigenvalue weighted by atomic mass is 10.00. The maximum absolute atomic E-state index is 11.5. The van der Waals surface area contributed by atoms with Crippen LogP contribution in [0.1, 0.15) is 30.2 Å². The van der Waals surface area contributed by atoms with E-state index in [2.05, 4.69) is 72.9 Å². The summed E-state index contributed by atoms with van der Waals surface area (Å²) in [7, 11) is 0. The van der Waals surface area contributed by atoms with Gasteiger partial charge in [0.1, 0.15) is 22.7 Å². The second-order valence-electron chi connectivity index (χ2n) is 11.2. The summed E-state index contributed by atoms with van der Waals surface area (Å²) in [5, 5.41) is 18.7. The van der Waals surface area contributed by atoms with E-state index in [-0.39, 0.29) is 5.57 Å². The molecular weight excluding hydrogens is 745 g/mol. The van der Waals surface area contributed by atoms with E-state index in [9.17, 15) is 15.2 Å². The largest absolute Gasteiger partial charge is 0.477 e. The number of carbonyl (C=O) groups is 1. The maximum Gasteiger partial charge on any atom is 0.346 e. The summed E-state index contributed by atoms with van der Waals surface area (Å²) in [4.78, 5) is 18.4. The smallest absolute Gasteiger partial charge is 0.346 e. The molecular formula is C36H30N4O2S7. The Bertz CT molecular complexity index is 2150. The van der Waals surface area contributed by atoms with Crippen LogP contribution in [0.15, 0.2) is 80.3 Å². The van der Waals surface area contributed by atoms with Gasteiger partial charge in [0.25, 0.3) is 0 Å². The molecule has 13 heteroatoms. The van der Waals surface area contributed by atoms with Gasteiger partial charge in [-0.15, -0.1) is 58.4 Å². The first-order valence-electron chi connectivity index (χ1n) is 15.5. The van der Waals surface area contributed by atoms with E-state index in [4.69, 9.17) is 8.75 Å². The molecule has 49 heavy (non-hydrogen) atoms. The average molecular weight is 775 g/mol. The number of rotatable bonds is 10. The zero-order valence-corrected chi connectivity index (χ0v) is 32.4. The predicted octanol–water partition coefficient (Wildman–Crippen LogP) is 11.6. The standard InChI is InChI=1S/C36H30N4O2S7/c1-4-5-14-40-26-11-6-20(15-22(19-37)34(41)42)16-29(26)46-30-17-21(7-12-27(30)40)24-9-10-25(33-32(24)38-49-39-33)28-13-8-23(45-28)18-31-47-35(43-2)36(44-3)48-31/h6-13,15-18,35-36H,4-5,14H2,1-3H3,(H,41,42). The first-order valence-corrected chi connectivity index (χ1v) is 22.2. The van der Waals surface area contributed by atoms with Gasteiger partial charge in [0, 0.05) is 41.5 Å². The highest BCUT2D eigenvalue weighted by Crippen LogP contribution is 2.55. The fraction of sp³-hybridized carbons (Fsp3) is 0.222. The third-order valence-corrected chi connectivity index (χ3v) is 17.0. The quantitative estimate of drug-likeness (QED) is 0.109. The van der Waals surface area contributed by atoms with Gasteiger partial charge in [0.15, 0.2) is 0 Å². The van der Waals surface area contributed by atoms with E-state index < -0.39 is 5.97 Å². The number of thioether (sulfide) groups is 4. The monoisotopic (exact) mass is 774 g/mol. The number of fused-ring (bicyclic) bond motifs is 3. The molecule has 1 saturated heterocycles. The highest BCUT2D eigenvalue weighted by atomic mass is 32.3. The van der Waals surface area contributed by atoms with Crippen molar-refractivity contribution in [2.75, 3.05) is 24.0 Å². The number of hydrogen-bond acceptors (Lipinski definition) is 12. The fourth-order valence-electron chi connectivity index (χ4n) is 5.77. The van der Waals surface area contributed by atoms with Crippen molar-refractivity contribution < 1.29 is 9.90 Å². The van der Waals surface area contributed by atoms with Crippen LogP contribution in [-0.4, -0.2) is 48.0 Å². The van der Waals surface area contributed by atoms with E-state index in [1.165, 1.54) is 31.8 Å². The van der Waals surface area contributed by atoms with Crippen molar-refractivity contribution >= 4 is 122 Å². The number of anilines is 2. The number of carboxylic acid groups (broad SMARTS) is 1. The number of carboxylic acids is 1. The first-order chi connectivity index (χ1) is 23.9. The normalized spacial score (nSPS) is 17.2. The Balaban J connectivity index is 1.21. The molecule has 1 fully saturated rings. The van der Waals surface area contributed by atoms with Crippen molar-refractivity contribution in [1.82, 2.24) is 8.75 Å². The van der Waals surface area contributed by atoms with Crippen LogP contribution in [0, 0.1) is 11.3 Å². The van der Waals surface area contributed by atoms with Crippen LogP contribution < -0.4 is 4.90 Å². The maximum atomic E-state index is 11.5. The van der Waals surface area contributed by atoms with Crippen molar-refractivity contribution in [2.24, 2.45) is 0 Å². The molecule has 0 bridgehead atoms. The summed E-state index contributed by atoms with van der Waals surface area (Å²) in [6.45, 7) is 3.06. The molecule has 2 aromatic heterocycles. The third-order valence-electron chi connectivity index (χ3n) is 8.17. The molecule has 2 aliphatic rings. The van der Waals surface area contributed by atoms with Crippen LogP contribution in [0.2, 0.25) is 0 Å². The number of unbranched alkanes of at least 4 members (excludes halogenated alkanes) is 1. The minimum atomic E-state index is -1.23. The van der Waals surface area contributed by atoms with Gasteiger partial charge in [0.2, 0.25) is 0 Å². The van der Waals surface area contributed by atoms with Gasteiger partial charge in [-0.25, -0.2) is 4.79 Å². The van der Waals surface area contributed by atoms with Gasteiger partial charge < -0.3 is 10.0 Å². The molecule has 1 N–H and O–H groups in total. The number of thiophene rings is 1. The molecule has 5 aromatic rings. The van der Waals surface area contributed by atoms with Crippen LogP contribution in [-0.2, 0) is 4.79 Å². The molecule has 0 spiro atoms. The third kappa shape index (κ3) is 7.06. The van der Waals surface area contributed by atoms with Crippen molar-refractivity contribution in [3.8, 4) is 27.6 Å². The highest BCUT2D eigenvalue weighted by molar-refractivity contribution is 8.36. The Hall–Kier alpha value is -2.83. The molecule has 7 rings (SSSR count). The number of nitrogens with zero attached hydrogens (tertiary/aromatic N) is 4.